The summed E-state index contributed by atoms with van der Waals surface area (Å²) in [6.07, 6.45) is 2.76. The first-order chi connectivity index (χ1) is 8.13. The Kier molecular flexibility index (Phi) is 3.47. The Hall–Kier alpha value is -1.36. The van der Waals surface area contributed by atoms with E-state index in [9.17, 15) is 4.79 Å². The van der Waals surface area contributed by atoms with Gasteiger partial charge in [-0.1, -0.05) is 0 Å². The quantitative estimate of drug-likeness (QED) is 0.827. The van der Waals surface area contributed by atoms with E-state index >= 15 is 0 Å². The number of nitrogens with zero attached hydrogens (tertiary/aromatic N) is 3. The van der Waals surface area contributed by atoms with Gasteiger partial charge in [0.05, 0.1) is 11.8 Å². The fourth-order valence-electron chi connectivity index (χ4n) is 2.35. The molecule has 2 heterocycles. The Morgan fingerprint density at radius 2 is 2.41 bits per heavy atom. The molecular formula is C12H20N4O. The van der Waals surface area contributed by atoms with Crippen molar-refractivity contribution in [2.24, 2.45) is 13.0 Å². The van der Waals surface area contributed by atoms with E-state index in [0.717, 1.165) is 37.3 Å². The summed E-state index contributed by atoms with van der Waals surface area (Å²) in [4.78, 5) is 14.2. The topological polar surface area (TPSA) is 50.2 Å². The monoisotopic (exact) mass is 236 g/mol. The van der Waals surface area contributed by atoms with Crippen LogP contribution in [0.5, 0.6) is 0 Å². The third-order valence-corrected chi connectivity index (χ3v) is 3.53. The van der Waals surface area contributed by atoms with Crippen molar-refractivity contribution < 1.29 is 4.79 Å². The van der Waals surface area contributed by atoms with E-state index in [-0.39, 0.29) is 5.91 Å². The van der Waals surface area contributed by atoms with Gasteiger partial charge in [-0.05, 0) is 32.9 Å². The number of carbonyl (C=O) groups is 1. The Bertz CT molecular complexity index is 413. The molecule has 1 amide bonds. The van der Waals surface area contributed by atoms with Gasteiger partial charge in [0.1, 0.15) is 0 Å². The first-order valence-corrected chi connectivity index (χ1v) is 6.06. The van der Waals surface area contributed by atoms with E-state index in [4.69, 9.17) is 0 Å². The lowest BCUT2D eigenvalue weighted by Gasteiger charge is -2.16. The molecule has 1 saturated heterocycles. The number of aryl methyl sites for hydroxylation is 1. The van der Waals surface area contributed by atoms with Gasteiger partial charge in [0.25, 0.3) is 5.91 Å². The van der Waals surface area contributed by atoms with Gasteiger partial charge < -0.3 is 10.2 Å². The fraction of sp³-hybridized carbons (Fsp3) is 0.667. The second-order valence-corrected chi connectivity index (χ2v) is 4.73. The van der Waals surface area contributed by atoms with Gasteiger partial charge in [-0.2, -0.15) is 5.10 Å². The van der Waals surface area contributed by atoms with Crippen LogP contribution in [0.4, 0.5) is 0 Å². The molecule has 0 spiro atoms. The molecule has 0 saturated carbocycles. The molecule has 1 fully saturated rings. The van der Waals surface area contributed by atoms with E-state index in [2.05, 4.69) is 10.4 Å². The van der Waals surface area contributed by atoms with Crippen LogP contribution < -0.4 is 5.32 Å². The number of hydrogen-bond acceptors (Lipinski definition) is 3. The van der Waals surface area contributed by atoms with Crippen molar-refractivity contribution in [3.63, 3.8) is 0 Å². The van der Waals surface area contributed by atoms with Crippen LogP contribution in [-0.4, -0.2) is 47.3 Å². The molecule has 1 aliphatic heterocycles. The maximum atomic E-state index is 12.3. The van der Waals surface area contributed by atoms with Crippen LogP contribution in [0.25, 0.3) is 0 Å². The molecule has 1 aromatic rings. The summed E-state index contributed by atoms with van der Waals surface area (Å²) in [6.45, 7) is 4.63. The molecule has 5 nitrogen and oxygen atoms in total. The number of amides is 1. The van der Waals surface area contributed by atoms with Crippen molar-refractivity contribution in [2.75, 3.05) is 26.7 Å². The highest BCUT2D eigenvalue weighted by Gasteiger charge is 2.28. The molecule has 1 unspecified atom stereocenters. The Morgan fingerprint density at radius 1 is 1.65 bits per heavy atom. The Labute approximate surface area is 102 Å². The van der Waals surface area contributed by atoms with Crippen LogP contribution in [0.1, 0.15) is 22.5 Å². The number of rotatable bonds is 3. The van der Waals surface area contributed by atoms with Crippen LogP contribution in [-0.2, 0) is 7.05 Å². The van der Waals surface area contributed by atoms with Crippen molar-refractivity contribution in [1.82, 2.24) is 20.0 Å². The standard InChI is InChI=1S/C12H20N4O/c1-9-11(7-14-15(9)3)12(17)16-5-4-10(8-16)6-13-2/h7,10,13H,4-6,8H2,1-3H3. The third kappa shape index (κ3) is 2.34. The van der Waals surface area contributed by atoms with E-state index in [1.54, 1.807) is 10.9 Å². The van der Waals surface area contributed by atoms with Crippen molar-refractivity contribution in [2.45, 2.75) is 13.3 Å². The van der Waals surface area contributed by atoms with Crippen LogP contribution in [0, 0.1) is 12.8 Å². The van der Waals surface area contributed by atoms with Crippen molar-refractivity contribution in [3.8, 4) is 0 Å². The summed E-state index contributed by atoms with van der Waals surface area (Å²) in [7, 11) is 3.82. The number of nitrogens with one attached hydrogen (secondary N) is 1. The summed E-state index contributed by atoms with van der Waals surface area (Å²) < 4.78 is 1.74. The minimum absolute atomic E-state index is 0.120. The third-order valence-electron chi connectivity index (χ3n) is 3.53. The van der Waals surface area contributed by atoms with Gasteiger partial charge >= 0.3 is 0 Å². The highest BCUT2D eigenvalue weighted by molar-refractivity contribution is 5.95. The molecule has 17 heavy (non-hydrogen) atoms. The zero-order chi connectivity index (χ0) is 12.4. The van der Waals surface area contributed by atoms with Crippen molar-refractivity contribution >= 4 is 5.91 Å². The fourth-order valence-corrected chi connectivity index (χ4v) is 2.35. The van der Waals surface area contributed by atoms with E-state index in [0.29, 0.717) is 5.92 Å². The number of hydrogen-bond donors (Lipinski definition) is 1. The van der Waals surface area contributed by atoms with Crippen molar-refractivity contribution in [1.29, 1.82) is 0 Å². The van der Waals surface area contributed by atoms with Gasteiger partial charge in [-0.3, -0.25) is 9.48 Å². The van der Waals surface area contributed by atoms with Gasteiger partial charge in [0.2, 0.25) is 0 Å². The maximum Gasteiger partial charge on any atom is 0.257 e. The van der Waals surface area contributed by atoms with Crippen LogP contribution in [0.2, 0.25) is 0 Å². The summed E-state index contributed by atoms with van der Waals surface area (Å²) in [5, 5.41) is 7.29. The highest BCUT2D eigenvalue weighted by Crippen LogP contribution is 2.19. The normalized spacial score (nSPS) is 19.9. The van der Waals surface area contributed by atoms with Crippen LogP contribution in [0.15, 0.2) is 6.20 Å². The molecule has 1 aliphatic rings. The largest absolute Gasteiger partial charge is 0.338 e. The number of likely N-dealkylation sites (tertiary alicyclic amines) is 1. The summed E-state index contributed by atoms with van der Waals surface area (Å²) >= 11 is 0. The molecule has 0 aromatic carbocycles. The minimum Gasteiger partial charge on any atom is -0.338 e. The molecule has 5 heteroatoms. The number of aromatic nitrogens is 2. The molecule has 0 bridgehead atoms. The van der Waals surface area contributed by atoms with Gasteiger partial charge in [0, 0.05) is 25.8 Å². The first kappa shape index (κ1) is 12.1. The smallest absolute Gasteiger partial charge is 0.257 e. The van der Waals surface area contributed by atoms with Gasteiger partial charge in [0.15, 0.2) is 0 Å². The predicted molar refractivity (Wildman–Crippen MR) is 65.9 cm³/mol. The second-order valence-electron chi connectivity index (χ2n) is 4.73. The SMILES string of the molecule is CNCC1CCN(C(=O)c2cnn(C)c2C)C1. The Morgan fingerprint density at radius 3 is 3.00 bits per heavy atom. The first-order valence-electron chi connectivity index (χ1n) is 6.06. The lowest BCUT2D eigenvalue weighted by atomic mass is 10.1. The minimum atomic E-state index is 0.120. The Balaban J connectivity index is 2.04. The molecular weight excluding hydrogens is 216 g/mol. The van der Waals surface area contributed by atoms with Gasteiger partial charge in [-0.25, -0.2) is 0 Å². The molecule has 94 valence electrons. The molecule has 1 N–H and O–H groups in total. The van der Waals surface area contributed by atoms with E-state index < -0.39 is 0 Å². The van der Waals surface area contributed by atoms with Crippen molar-refractivity contribution in [3.05, 3.63) is 17.5 Å². The molecule has 0 aliphatic carbocycles. The van der Waals surface area contributed by atoms with E-state index in [1.807, 2.05) is 25.9 Å². The molecule has 0 radical (unpaired) electrons. The van der Waals surface area contributed by atoms with E-state index in [1.165, 1.54) is 0 Å². The predicted octanol–water partition coefficient (Wildman–Crippen LogP) is 0.410. The zero-order valence-corrected chi connectivity index (χ0v) is 10.7. The second kappa shape index (κ2) is 4.87. The highest BCUT2D eigenvalue weighted by atomic mass is 16.2. The molecule has 2 rings (SSSR count). The molecule has 1 aromatic heterocycles. The average Bonchev–Trinajstić information content (AvgIpc) is 2.88. The molecule has 1 atom stereocenters. The summed E-state index contributed by atoms with van der Waals surface area (Å²) in [5.74, 6) is 0.704. The lowest BCUT2D eigenvalue weighted by Crippen LogP contribution is -2.30. The average molecular weight is 236 g/mol. The summed E-state index contributed by atoms with van der Waals surface area (Å²) in [6, 6.07) is 0. The van der Waals surface area contributed by atoms with Gasteiger partial charge in [-0.15, -0.1) is 0 Å². The number of carbonyl (C=O) groups excluding carboxylic acids is 1. The van der Waals surface area contributed by atoms with Crippen LogP contribution >= 0.6 is 0 Å². The lowest BCUT2D eigenvalue weighted by molar-refractivity contribution is 0.0786. The summed E-state index contributed by atoms with van der Waals surface area (Å²) in [5.41, 5.74) is 1.67. The maximum absolute atomic E-state index is 12.3. The van der Waals surface area contributed by atoms with Crippen LogP contribution in [0.3, 0.4) is 0 Å². The zero-order valence-electron chi connectivity index (χ0n) is 10.7.